The van der Waals surface area contributed by atoms with E-state index in [-0.39, 0.29) is 5.82 Å². The molecular formula is C16H24N6O2. The second-order valence-corrected chi connectivity index (χ2v) is 6.28. The van der Waals surface area contributed by atoms with Crippen LogP contribution in [0, 0.1) is 0 Å². The second kappa shape index (κ2) is 7.57. The number of unbranched alkanes of at least 4 members (excludes halogenated alkanes) is 1. The number of piperidine rings is 1. The van der Waals surface area contributed by atoms with Crippen LogP contribution in [0.5, 0.6) is 0 Å². The molecule has 3 rings (SSSR count). The van der Waals surface area contributed by atoms with Crippen LogP contribution in [0.15, 0.2) is 16.9 Å². The van der Waals surface area contributed by atoms with Crippen molar-refractivity contribution < 1.29 is 9.32 Å². The number of aromatic nitrogens is 4. The van der Waals surface area contributed by atoms with Crippen LogP contribution in [0.1, 0.15) is 60.9 Å². The number of hydrogen-bond donors (Lipinski definition) is 1. The van der Waals surface area contributed by atoms with Crippen LogP contribution in [-0.4, -0.2) is 43.6 Å². The van der Waals surface area contributed by atoms with Crippen LogP contribution in [-0.2, 0) is 13.1 Å². The standard InChI is InChI=1S/C16H24N6O2/c1-2-3-8-22-9-6-18-16(22)12-5-4-7-21(10-12)11-13-19-15(14(17)23)20-24-13/h6,9,12H,2-5,7-8,10-11H2,1H3,(H2,17,23)/t12-/m1/s1. The van der Waals surface area contributed by atoms with Crippen molar-refractivity contribution in [3.63, 3.8) is 0 Å². The van der Waals surface area contributed by atoms with Crippen molar-refractivity contribution in [2.45, 2.75) is 51.6 Å². The van der Waals surface area contributed by atoms with Crippen molar-refractivity contribution in [2.24, 2.45) is 5.73 Å². The Morgan fingerprint density at radius 1 is 1.50 bits per heavy atom. The van der Waals surface area contributed by atoms with E-state index >= 15 is 0 Å². The molecule has 2 aromatic rings. The van der Waals surface area contributed by atoms with Gasteiger partial charge in [-0.15, -0.1) is 0 Å². The Balaban J connectivity index is 1.63. The SMILES string of the molecule is CCCCn1ccnc1[C@@H]1CCCN(Cc2nc(C(N)=O)no2)C1. The predicted octanol–water partition coefficient (Wildman–Crippen LogP) is 1.54. The molecule has 1 aliphatic rings. The fourth-order valence-electron chi connectivity index (χ4n) is 3.22. The van der Waals surface area contributed by atoms with Crippen molar-refractivity contribution >= 4 is 5.91 Å². The van der Waals surface area contributed by atoms with Gasteiger partial charge in [0.25, 0.3) is 11.7 Å². The number of likely N-dealkylation sites (tertiary alicyclic amines) is 1. The van der Waals surface area contributed by atoms with Gasteiger partial charge in [-0.05, 0) is 25.8 Å². The van der Waals surface area contributed by atoms with Gasteiger partial charge in [0.05, 0.1) is 6.54 Å². The molecular weight excluding hydrogens is 308 g/mol. The Morgan fingerprint density at radius 2 is 2.38 bits per heavy atom. The second-order valence-electron chi connectivity index (χ2n) is 6.28. The normalized spacial score (nSPS) is 18.8. The highest BCUT2D eigenvalue weighted by Gasteiger charge is 2.26. The van der Waals surface area contributed by atoms with Crippen LogP contribution in [0.3, 0.4) is 0 Å². The molecule has 1 amide bonds. The molecule has 1 fully saturated rings. The maximum absolute atomic E-state index is 11.1. The summed E-state index contributed by atoms with van der Waals surface area (Å²) >= 11 is 0. The quantitative estimate of drug-likeness (QED) is 0.825. The number of rotatable bonds is 7. The highest BCUT2D eigenvalue weighted by atomic mass is 16.5. The Morgan fingerprint density at radius 3 is 3.12 bits per heavy atom. The lowest BCUT2D eigenvalue weighted by molar-refractivity contribution is 0.0987. The molecule has 8 heteroatoms. The lowest BCUT2D eigenvalue weighted by Gasteiger charge is -2.31. The molecule has 24 heavy (non-hydrogen) atoms. The van der Waals surface area contributed by atoms with Crippen molar-refractivity contribution in [3.05, 3.63) is 29.9 Å². The van der Waals surface area contributed by atoms with E-state index < -0.39 is 5.91 Å². The van der Waals surface area contributed by atoms with E-state index in [9.17, 15) is 4.79 Å². The Labute approximate surface area is 141 Å². The monoisotopic (exact) mass is 332 g/mol. The maximum atomic E-state index is 11.1. The number of imidazole rings is 1. The molecule has 0 spiro atoms. The van der Waals surface area contributed by atoms with Crippen molar-refractivity contribution in [3.8, 4) is 0 Å². The first-order valence-electron chi connectivity index (χ1n) is 8.53. The van der Waals surface area contributed by atoms with E-state index in [0.717, 1.165) is 44.7 Å². The topological polar surface area (TPSA) is 103 Å². The van der Waals surface area contributed by atoms with Gasteiger partial charge in [0.1, 0.15) is 5.82 Å². The number of hydrogen-bond acceptors (Lipinski definition) is 6. The summed E-state index contributed by atoms with van der Waals surface area (Å²) in [5.41, 5.74) is 5.15. The number of primary amides is 1. The first kappa shape index (κ1) is 16.6. The van der Waals surface area contributed by atoms with Crippen LogP contribution in [0.2, 0.25) is 0 Å². The summed E-state index contributed by atoms with van der Waals surface area (Å²) in [6, 6.07) is 0. The minimum absolute atomic E-state index is 0.0614. The van der Waals surface area contributed by atoms with Gasteiger partial charge >= 0.3 is 0 Å². The molecule has 0 unspecified atom stereocenters. The number of aryl methyl sites for hydroxylation is 1. The van der Waals surface area contributed by atoms with Gasteiger partial charge in [-0.1, -0.05) is 18.5 Å². The minimum Gasteiger partial charge on any atom is -0.363 e. The van der Waals surface area contributed by atoms with Crippen LogP contribution < -0.4 is 5.73 Å². The lowest BCUT2D eigenvalue weighted by atomic mass is 9.97. The zero-order chi connectivity index (χ0) is 16.9. The minimum atomic E-state index is -0.667. The third-order valence-electron chi connectivity index (χ3n) is 4.42. The molecule has 0 bridgehead atoms. The number of carbonyl (C=O) groups excluding carboxylic acids is 1. The van der Waals surface area contributed by atoms with Crippen molar-refractivity contribution in [1.29, 1.82) is 0 Å². The molecule has 1 aliphatic heterocycles. The summed E-state index contributed by atoms with van der Waals surface area (Å²) in [6.45, 7) is 5.63. The molecule has 0 aliphatic carbocycles. The Hall–Kier alpha value is -2.22. The molecule has 2 N–H and O–H groups in total. The molecule has 2 aromatic heterocycles. The molecule has 3 heterocycles. The van der Waals surface area contributed by atoms with E-state index in [0.29, 0.717) is 18.4 Å². The zero-order valence-corrected chi connectivity index (χ0v) is 14.0. The highest BCUT2D eigenvalue weighted by Crippen LogP contribution is 2.26. The molecule has 0 aromatic carbocycles. The molecule has 1 atom stereocenters. The van der Waals surface area contributed by atoms with Gasteiger partial charge in [-0.2, -0.15) is 4.98 Å². The molecule has 0 saturated carbocycles. The van der Waals surface area contributed by atoms with Crippen LogP contribution in [0.25, 0.3) is 0 Å². The van der Waals surface area contributed by atoms with Crippen LogP contribution in [0.4, 0.5) is 0 Å². The summed E-state index contributed by atoms with van der Waals surface area (Å²) < 4.78 is 7.38. The Bertz CT molecular complexity index is 680. The average molecular weight is 332 g/mol. The zero-order valence-electron chi connectivity index (χ0n) is 14.0. The lowest BCUT2D eigenvalue weighted by Crippen LogP contribution is -2.35. The van der Waals surface area contributed by atoms with E-state index in [1.807, 2.05) is 6.20 Å². The number of carbonyl (C=O) groups is 1. The predicted molar refractivity (Wildman–Crippen MR) is 87.2 cm³/mol. The molecule has 1 saturated heterocycles. The summed E-state index contributed by atoms with van der Waals surface area (Å²) in [6.07, 6.45) is 8.53. The molecule has 0 radical (unpaired) electrons. The van der Waals surface area contributed by atoms with E-state index in [2.05, 4.69) is 37.7 Å². The smallest absolute Gasteiger partial charge is 0.290 e. The van der Waals surface area contributed by atoms with Gasteiger partial charge in [0.2, 0.25) is 5.89 Å². The fourth-order valence-corrected chi connectivity index (χ4v) is 3.22. The van der Waals surface area contributed by atoms with E-state index in [1.165, 1.54) is 6.42 Å². The van der Waals surface area contributed by atoms with Gasteiger partial charge < -0.3 is 14.8 Å². The van der Waals surface area contributed by atoms with Gasteiger partial charge in [-0.25, -0.2) is 4.98 Å². The first-order chi connectivity index (χ1) is 11.7. The van der Waals surface area contributed by atoms with Crippen LogP contribution >= 0.6 is 0 Å². The molecule has 130 valence electrons. The largest absolute Gasteiger partial charge is 0.363 e. The van der Waals surface area contributed by atoms with Crippen molar-refractivity contribution in [1.82, 2.24) is 24.6 Å². The summed E-state index contributed by atoms with van der Waals surface area (Å²) in [4.78, 5) is 21.9. The van der Waals surface area contributed by atoms with Gasteiger partial charge in [0, 0.05) is 31.4 Å². The van der Waals surface area contributed by atoms with Gasteiger partial charge in [-0.3, -0.25) is 9.69 Å². The number of nitrogens with two attached hydrogens (primary N) is 1. The molecule has 8 nitrogen and oxygen atoms in total. The first-order valence-corrected chi connectivity index (χ1v) is 8.53. The Kier molecular flexibility index (Phi) is 5.24. The summed E-state index contributed by atoms with van der Waals surface area (Å²) in [7, 11) is 0. The van der Waals surface area contributed by atoms with Gasteiger partial charge in [0.15, 0.2) is 0 Å². The summed E-state index contributed by atoms with van der Waals surface area (Å²) in [5.74, 6) is 1.27. The number of amides is 1. The van der Waals surface area contributed by atoms with E-state index in [1.54, 1.807) is 0 Å². The average Bonchev–Trinajstić information content (AvgIpc) is 3.22. The van der Waals surface area contributed by atoms with E-state index in [4.69, 9.17) is 10.3 Å². The number of nitrogens with zero attached hydrogens (tertiary/aromatic N) is 5. The summed E-state index contributed by atoms with van der Waals surface area (Å²) in [5, 5.41) is 3.59. The highest BCUT2D eigenvalue weighted by molar-refractivity contribution is 5.88. The third kappa shape index (κ3) is 3.81. The maximum Gasteiger partial charge on any atom is 0.290 e. The fraction of sp³-hybridized carbons (Fsp3) is 0.625. The van der Waals surface area contributed by atoms with Crippen molar-refractivity contribution in [2.75, 3.05) is 13.1 Å². The third-order valence-corrected chi connectivity index (χ3v) is 4.42.